The molecular weight excluding hydrogens is 312 g/mol. The molecule has 0 aliphatic rings. The summed E-state index contributed by atoms with van der Waals surface area (Å²) in [5.74, 6) is 0.960. The quantitative estimate of drug-likeness (QED) is 0.826. The van der Waals surface area contributed by atoms with Crippen molar-refractivity contribution in [3.05, 3.63) is 59.7 Å². The number of carbonyl (C=O) groups is 1. The highest BCUT2D eigenvalue weighted by Gasteiger charge is 2.11. The number of rotatable bonds is 6. The molecule has 0 aliphatic carbocycles. The molecule has 2 aromatic carbocycles. The lowest BCUT2D eigenvalue weighted by molar-refractivity contribution is -0.129. The Morgan fingerprint density at radius 1 is 1.13 bits per heavy atom. The first-order valence-electron chi connectivity index (χ1n) is 7.30. The van der Waals surface area contributed by atoms with E-state index in [1.807, 2.05) is 55.6 Å². The minimum absolute atomic E-state index is 0. The molecule has 0 spiro atoms. The Morgan fingerprint density at radius 2 is 1.78 bits per heavy atom. The Morgan fingerprint density at radius 3 is 2.43 bits per heavy atom. The number of methoxy groups -OCH3 is 1. The van der Waals surface area contributed by atoms with E-state index in [0.29, 0.717) is 18.7 Å². The third-order valence-corrected chi connectivity index (χ3v) is 3.67. The van der Waals surface area contributed by atoms with Gasteiger partial charge in [-0.15, -0.1) is 12.4 Å². The monoisotopic (exact) mass is 334 g/mol. The van der Waals surface area contributed by atoms with Gasteiger partial charge in [0.25, 0.3) is 0 Å². The van der Waals surface area contributed by atoms with Crippen LogP contribution in [0.5, 0.6) is 5.75 Å². The first kappa shape index (κ1) is 18.8. The van der Waals surface area contributed by atoms with E-state index in [1.165, 1.54) is 0 Å². The summed E-state index contributed by atoms with van der Waals surface area (Å²) in [5.41, 5.74) is 8.44. The van der Waals surface area contributed by atoms with E-state index in [0.717, 1.165) is 23.3 Å². The topological polar surface area (TPSA) is 55.6 Å². The molecule has 4 nitrogen and oxygen atoms in total. The summed E-state index contributed by atoms with van der Waals surface area (Å²) in [7, 11) is 3.49. The lowest BCUT2D eigenvalue weighted by Crippen LogP contribution is -2.30. The number of para-hydroxylation sites is 1. The molecule has 5 heteroatoms. The summed E-state index contributed by atoms with van der Waals surface area (Å²) in [5, 5.41) is 0. The third-order valence-electron chi connectivity index (χ3n) is 3.67. The van der Waals surface area contributed by atoms with Crippen LogP contribution in [0.1, 0.15) is 11.1 Å². The summed E-state index contributed by atoms with van der Waals surface area (Å²) in [6, 6.07) is 15.3. The van der Waals surface area contributed by atoms with Crippen molar-refractivity contribution in [3.8, 4) is 5.75 Å². The molecule has 2 rings (SSSR count). The molecule has 23 heavy (non-hydrogen) atoms. The SMILES string of the molecule is COc1ccccc1CCN(C)C(=O)Cc1ccc(N)cc1.Cl. The zero-order chi connectivity index (χ0) is 15.9. The molecule has 2 N–H and O–H groups in total. The summed E-state index contributed by atoms with van der Waals surface area (Å²) in [6.45, 7) is 0.661. The van der Waals surface area contributed by atoms with Crippen LogP contribution in [-0.4, -0.2) is 31.5 Å². The Balaban J connectivity index is 0.00000264. The first-order chi connectivity index (χ1) is 10.6. The molecule has 0 bridgehead atoms. The van der Waals surface area contributed by atoms with Crippen molar-refractivity contribution in [1.29, 1.82) is 0 Å². The third kappa shape index (κ3) is 5.49. The number of nitrogens with zero attached hydrogens (tertiary/aromatic N) is 1. The van der Waals surface area contributed by atoms with Gasteiger partial charge in [-0.05, 0) is 35.7 Å². The Labute approximate surface area is 143 Å². The molecule has 0 aromatic heterocycles. The maximum Gasteiger partial charge on any atom is 0.226 e. The molecule has 0 atom stereocenters. The average Bonchev–Trinajstić information content (AvgIpc) is 2.54. The lowest BCUT2D eigenvalue weighted by Gasteiger charge is -2.18. The predicted octanol–water partition coefficient (Wildman–Crippen LogP) is 2.94. The summed E-state index contributed by atoms with van der Waals surface area (Å²) < 4.78 is 5.33. The predicted molar refractivity (Wildman–Crippen MR) is 96.1 cm³/mol. The molecule has 0 radical (unpaired) electrons. The number of hydrogen-bond donors (Lipinski definition) is 1. The standard InChI is InChI=1S/C18H22N2O2.ClH/c1-20(12-11-15-5-3-4-6-17(15)22-2)18(21)13-14-7-9-16(19)10-8-14;/h3-10H,11-13,19H2,1-2H3;1H. The maximum absolute atomic E-state index is 12.2. The van der Waals surface area contributed by atoms with E-state index >= 15 is 0 Å². The van der Waals surface area contributed by atoms with E-state index in [1.54, 1.807) is 12.0 Å². The molecule has 0 saturated heterocycles. The van der Waals surface area contributed by atoms with Crippen molar-refractivity contribution < 1.29 is 9.53 Å². The fourth-order valence-corrected chi connectivity index (χ4v) is 2.27. The highest BCUT2D eigenvalue weighted by Crippen LogP contribution is 2.18. The van der Waals surface area contributed by atoms with Gasteiger partial charge in [0.1, 0.15) is 5.75 Å². The van der Waals surface area contributed by atoms with Crippen molar-refractivity contribution in [2.24, 2.45) is 0 Å². The first-order valence-corrected chi connectivity index (χ1v) is 7.30. The van der Waals surface area contributed by atoms with Gasteiger partial charge in [0.05, 0.1) is 13.5 Å². The maximum atomic E-state index is 12.2. The summed E-state index contributed by atoms with van der Waals surface area (Å²) >= 11 is 0. The summed E-state index contributed by atoms with van der Waals surface area (Å²) in [4.78, 5) is 14.0. The molecule has 2 aromatic rings. The summed E-state index contributed by atoms with van der Waals surface area (Å²) in [6.07, 6.45) is 1.16. The van der Waals surface area contributed by atoms with E-state index in [-0.39, 0.29) is 18.3 Å². The van der Waals surface area contributed by atoms with Crippen LogP contribution in [0.2, 0.25) is 0 Å². The van der Waals surface area contributed by atoms with Gasteiger partial charge in [0.2, 0.25) is 5.91 Å². The number of halogens is 1. The van der Waals surface area contributed by atoms with Crippen molar-refractivity contribution in [3.63, 3.8) is 0 Å². The van der Waals surface area contributed by atoms with Gasteiger partial charge in [-0.3, -0.25) is 4.79 Å². The highest BCUT2D eigenvalue weighted by molar-refractivity contribution is 5.85. The number of hydrogen-bond acceptors (Lipinski definition) is 3. The molecule has 124 valence electrons. The highest BCUT2D eigenvalue weighted by atomic mass is 35.5. The van der Waals surface area contributed by atoms with Crippen LogP contribution in [0.3, 0.4) is 0 Å². The van der Waals surface area contributed by atoms with Crippen LogP contribution in [0.4, 0.5) is 5.69 Å². The van der Waals surface area contributed by atoms with Crippen LogP contribution >= 0.6 is 12.4 Å². The van der Waals surface area contributed by atoms with Crippen LogP contribution in [0, 0.1) is 0 Å². The Hall–Kier alpha value is -2.20. The van der Waals surface area contributed by atoms with E-state index in [4.69, 9.17) is 10.5 Å². The minimum Gasteiger partial charge on any atom is -0.496 e. The Bertz CT molecular complexity index is 629. The minimum atomic E-state index is 0. The molecule has 0 saturated carbocycles. The number of nitrogens with two attached hydrogens (primary N) is 1. The average molecular weight is 335 g/mol. The second kappa shape index (κ2) is 9.06. The molecule has 0 aliphatic heterocycles. The number of ether oxygens (including phenoxy) is 1. The van der Waals surface area contributed by atoms with Gasteiger partial charge in [-0.1, -0.05) is 30.3 Å². The van der Waals surface area contributed by atoms with Gasteiger partial charge in [0.15, 0.2) is 0 Å². The molecule has 1 amide bonds. The van der Waals surface area contributed by atoms with Crippen LogP contribution in [-0.2, 0) is 17.6 Å². The fraction of sp³-hybridized carbons (Fsp3) is 0.278. The van der Waals surface area contributed by atoms with Crippen molar-refractivity contribution in [2.45, 2.75) is 12.8 Å². The van der Waals surface area contributed by atoms with Crippen LogP contribution < -0.4 is 10.5 Å². The van der Waals surface area contributed by atoms with Gasteiger partial charge >= 0.3 is 0 Å². The van der Waals surface area contributed by atoms with Crippen LogP contribution in [0.15, 0.2) is 48.5 Å². The van der Waals surface area contributed by atoms with Crippen molar-refractivity contribution >= 4 is 24.0 Å². The van der Waals surface area contributed by atoms with Crippen molar-refractivity contribution in [1.82, 2.24) is 4.90 Å². The molecular formula is C18H23ClN2O2. The number of nitrogen functional groups attached to an aromatic ring is 1. The number of benzene rings is 2. The van der Waals surface area contributed by atoms with Crippen molar-refractivity contribution in [2.75, 3.05) is 26.4 Å². The van der Waals surface area contributed by atoms with Gasteiger partial charge in [-0.2, -0.15) is 0 Å². The lowest BCUT2D eigenvalue weighted by atomic mass is 10.1. The number of carbonyl (C=O) groups excluding carboxylic acids is 1. The fourth-order valence-electron chi connectivity index (χ4n) is 2.27. The van der Waals surface area contributed by atoms with Gasteiger partial charge in [-0.25, -0.2) is 0 Å². The largest absolute Gasteiger partial charge is 0.496 e. The smallest absolute Gasteiger partial charge is 0.226 e. The Kier molecular flexibility index (Phi) is 7.42. The van der Waals surface area contributed by atoms with Gasteiger partial charge in [0, 0.05) is 19.3 Å². The number of amides is 1. The van der Waals surface area contributed by atoms with Gasteiger partial charge < -0.3 is 15.4 Å². The second-order valence-electron chi connectivity index (χ2n) is 5.30. The number of likely N-dealkylation sites (N-methyl/N-ethyl adjacent to an activating group) is 1. The van der Waals surface area contributed by atoms with E-state index in [2.05, 4.69) is 0 Å². The normalized spacial score (nSPS) is 9.83. The molecule has 0 fully saturated rings. The number of anilines is 1. The second-order valence-corrected chi connectivity index (χ2v) is 5.30. The van der Waals surface area contributed by atoms with E-state index in [9.17, 15) is 4.79 Å². The molecule has 0 unspecified atom stereocenters. The van der Waals surface area contributed by atoms with E-state index < -0.39 is 0 Å². The van der Waals surface area contributed by atoms with Crippen LogP contribution in [0.25, 0.3) is 0 Å². The zero-order valence-electron chi connectivity index (χ0n) is 13.5. The molecule has 0 heterocycles. The zero-order valence-corrected chi connectivity index (χ0v) is 14.3.